The van der Waals surface area contributed by atoms with Gasteiger partial charge in [-0.05, 0) is 50.4 Å². The van der Waals surface area contributed by atoms with E-state index in [1.807, 2.05) is 4.90 Å². The lowest BCUT2D eigenvalue weighted by atomic mass is 9.72. The van der Waals surface area contributed by atoms with Crippen LogP contribution in [-0.4, -0.2) is 61.2 Å². The van der Waals surface area contributed by atoms with E-state index in [4.69, 9.17) is 4.99 Å². The van der Waals surface area contributed by atoms with Crippen LogP contribution >= 0.6 is 24.0 Å². The molecule has 1 aliphatic carbocycles. The lowest BCUT2D eigenvalue weighted by molar-refractivity contribution is -0.132. The Hall–Kier alpha value is -0.570. The second kappa shape index (κ2) is 13.6. The van der Waals surface area contributed by atoms with Crippen LogP contribution in [0.25, 0.3) is 0 Å². The zero-order valence-electron chi connectivity index (χ0n) is 17.8. The molecule has 0 aromatic rings. The maximum atomic E-state index is 12.4. The third-order valence-corrected chi connectivity index (χ3v) is 6.11. The predicted molar refractivity (Wildman–Crippen MR) is 126 cm³/mol. The number of nitrogens with zero attached hydrogens (tertiary/aromatic N) is 2. The molecule has 1 saturated carbocycles. The maximum absolute atomic E-state index is 12.4. The summed E-state index contributed by atoms with van der Waals surface area (Å²) in [5.41, 5.74) is 0.148. The normalized spacial score (nSPS) is 22.3. The molecule has 0 spiro atoms. The minimum atomic E-state index is 0. The number of nitrogens with one attached hydrogen (secondary N) is 2. The minimum Gasteiger partial charge on any atom is -0.396 e. The van der Waals surface area contributed by atoms with Gasteiger partial charge in [-0.2, -0.15) is 0 Å². The molecule has 1 heterocycles. The molecule has 2 fully saturated rings. The Bertz CT molecular complexity index is 476. The molecule has 1 aliphatic heterocycles. The Morgan fingerprint density at radius 1 is 1.21 bits per heavy atom. The first-order chi connectivity index (χ1) is 13.1. The number of rotatable bonds is 8. The number of guanidine groups is 1. The molecule has 1 atom stereocenters. The summed E-state index contributed by atoms with van der Waals surface area (Å²) in [6.45, 7) is 8.49. The van der Waals surface area contributed by atoms with Crippen LogP contribution in [0.5, 0.6) is 0 Å². The average molecular weight is 508 g/mol. The van der Waals surface area contributed by atoms with Crippen molar-refractivity contribution in [3.8, 4) is 0 Å². The second-order valence-electron chi connectivity index (χ2n) is 8.49. The lowest BCUT2D eigenvalue weighted by Gasteiger charge is -2.35. The molecule has 7 heteroatoms. The van der Waals surface area contributed by atoms with E-state index in [0.29, 0.717) is 18.9 Å². The van der Waals surface area contributed by atoms with E-state index >= 15 is 0 Å². The summed E-state index contributed by atoms with van der Waals surface area (Å²) in [7, 11) is 0. The highest BCUT2D eigenvalue weighted by Gasteiger charge is 2.31. The molecule has 1 unspecified atom stereocenters. The Balaban J connectivity index is 0.00000392. The smallest absolute Gasteiger partial charge is 0.224 e. The molecular weight excluding hydrogens is 467 g/mol. The van der Waals surface area contributed by atoms with Crippen molar-refractivity contribution < 1.29 is 9.90 Å². The van der Waals surface area contributed by atoms with Crippen molar-refractivity contribution in [3.05, 3.63) is 0 Å². The van der Waals surface area contributed by atoms with E-state index in [-0.39, 0.29) is 41.9 Å². The van der Waals surface area contributed by atoms with Crippen LogP contribution in [-0.2, 0) is 4.79 Å². The third kappa shape index (κ3) is 8.43. The van der Waals surface area contributed by atoms with Crippen LogP contribution < -0.4 is 10.6 Å². The molecule has 6 nitrogen and oxygen atoms in total. The zero-order chi connectivity index (χ0) is 19.5. The van der Waals surface area contributed by atoms with Gasteiger partial charge in [0.15, 0.2) is 5.96 Å². The number of halogens is 1. The van der Waals surface area contributed by atoms with Gasteiger partial charge >= 0.3 is 0 Å². The summed E-state index contributed by atoms with van der Waals surface area (Å²) in [5, 5.41) is 16.1. The van der Waals surface area contributed by atoms with E-state index in [0.717, 1.165) is 57.8 Å². The number of amides is 1. The summed E-state index contributed by atoms with van der Waals surface area (Å²) >= 11 is 0. The Morgan fingerprint density at radius 2 is 1.96 bits per heavy atom. The van der Waals surface area contributed by atoms with Crippen molar-refractivity contribution >= 4 is 35.8 Å². The van der Waals surface area contributed by atoms with Gasteiger partial charge in [0.25, 0.3) is 0 Å². The fourth-order valence-corrected chi connectivity index (χ4v) is 4.48. The fourth-order valence-electron chi connectivity index (χ4n) is 4.48. The number of aliphatic imine (C=N–C) groups is 1. The van der Waals surface area contributed by atoms with Crippen molar-refractivity contribution in [1.82, 2.24) is 15.5 Å². The third-order valence-electron chi connectivity index (χ3n) is 6.11. The Kier molecular flexibility index (Phi) is 12.4. The maximum Gasteiger partial charge on any atom is 0.224 e. The van der Waals surface area contributed by atoms with E-state index in [1.54, 1.807) is 0 Å². The van der Waals surface area contributed by atoms with Crippen molar-refractivity contribution in [1.29, 1.82) is 0 Å². The van der Waals surface area contributed by atoms with Gasteiger partial charge in [-0.15, -0.1) is 24.0 Å². The molecule has 28 heavy (non-hydrogen) atoms. The van der Waals surface area contributed by atoms with Gasteiger partial charge in [-0.1, -0.05) is 26.2 Å². The highest BCUT2D eigenvalue weighted by molar-refractivity contribution is 14.0. The minimum absolute atomic E-state index is 0. The molecule has 2 aliphatic rings. The van der Waals surface area contributed by atoms with Crippen LogP contribution in [0.15, 0.2) is 4.99 Å². The first-order valence-corrected chi connectivity index (χ1v) is 11.0. The van der Waals surface area contributed by atoms with E-state index in [1.165, 1.54) is 25.7 Å². The van der Waals surface area contributed by atoms with E-state index in [9.17, 15) is 9.90 Å². The number of carbonyl (C=O) groups is 1. The quantitative estimate of drug-likeness (QED) is 0.268. The van der Waals surface area contributed by atoms with Crippen molar-refractivity contribution in [2.75, 3.05) is 39.3 Å². The second-order valence-corrected chi connectivity index (χ2v) is 8.49. The molecular formula is C21H41IN4O2. The fraction of sp³-hybridized carbons (Fsp3) is 0.905. The first-order valence-electron chi connectivity index (χ1n) is 11.0. The van der Waals surface area contributed by atoms with Gasteiger partial charge < -0.3 is 20.6 Å². The Labute approximate surface area is 188 Å². The first kappa shape index (κ1) is 25.5. The topological polar surface area (TPSA) is 77.0 Å². The van der Waals surface area contributed by atoms with Gasteiger partial charge in [-0.3, -0.25) is 9.79 Å². The van der Waals surface area contributed by atoms with Crippen molar-refractivity contribution in [2.24, 2.45) is 16.3 Å². The SMILES string of the molecule is CCNC(=NCC1(CCO)CCCCC1)NCCC(=O)N1CCCC(C)C1.I. The number of hydrogen-bond donors (Lipinski definition) is 3. The number of hydrogen-bond acceptors (Lipinski definition) is 3. The van der Waals surface area contributed by atoms with Crippen LogP contribution in [0.1, 0.15) is 71.6 Å². The molecule has 0 aromatic heterocycles. The summed E-state index contributed by atoms with van der Waals surface area (Å²) < 4.78 is 0. The van der Waals surface area contributed by atoms with Gasteiger partial charge in [0, 0.05) is 45.8 Å². The van der Waals surface area contributed by atoms with Crippen LogP contribution in [0.3, 0.4) is 0 Å². The molecule has 0 radical (unpaired) electrons. The summed E-state index contributed by atoms with van der Waals surface area (Å²) in [6.07, 6.45) is 9.79. The zero-order valence-corrected chi connectivity index (χ0v) is 20.2. The largest absolute Gasteiger partial charge is 0.396 e. The van der Waals surface area contributed by atoms with Crippen LogP contribution in [0, 0.1) is 11.3 Å². The highest BCUT2D eigenvalue weighted by atomic mass is 127. The molecule has 1 saturated heterocycles. The van der Waals surface area contributed by atoms with Crippen LogP contribution in [0.2, 0.25) is 0 Å². The lowest BCUT2D eigenvalue weighted by Crippen LogP contribution is -2.43. The monoisotopic (exact) mass is 508 g/mol. The van der Waals surface area contributed by atoms with E-state index < -0.39 is 0 Å². The number of piperidine rings is 1. The summed E-state index contributed by atoms with van der Waals surface area (Å²) in [6, 6.07) is 0. The van der Waals surface area contributed by atoms with Gasteiger partial charge in [0.2, 0.25) is 5.91 Å². The van der Waals surface area contributed by atoms with Crippen molar-refractivity contribution in [2.45, 2.75) is 71.6 Å². The standard InChI is InChI=1S/C21H40N4O2.HI/c1-3-22-20(24-17-21(12-15-26)10-5-4-6-11-21)23-13-9-19(27)25-14-7-8-18(2)16-25;/h18,26H,3-17H2,1-2H3,(H2,22,23,24);1H. The van der Waals surface area contributed by atoms with E-state index in [2.05, 4.69) is 24.5 Å². The number of carbonyl (C=O) groups excluding carboxylic acids is 1. The Morgan fingerprint density at radius 3 is 2.61 bits per heavy atom. The summed E-state index contributed by atoms with van der Waals surface area (Å²) in [5.74, 6) is 1.65. The molecule has 1 amide bonds. The average Bonchev–Trinajstić information content (AvgIpc) is 2.67. The van der Waals surface area contributed by atoms with Gasteiger partial charge in [0.1, 0.15) is 0 Å². The number of aliphatic hydroxyl groups is 1. The number of aliphatic hydroxyl groups excluding tert-OH is 1. The molecule has 2 rings (SSSR count). The van der Waals surface area contributed by atoms with Crippen molar-refractivity contribution in [3.63, 3.8) is 0 Å². The van der Waals surface area contributed by atoms with Crippen LogP contribution in [0.4, 0.5) is 0 Å². The predicted octanol–water partition coefficient (Wildman–Crippen LogP) is 3.14. The highest BCUT2D eigenvalue weighted by Crippen LogP contribution is 2.39. The molecule has 0 aromatic carbocycles. The molecule has 0 bridgehead atoms. The molecule has 3 N–H and O–H groups in total. The van der Waals surface area contributed by atoms with Gasteiger partial charge in [0.05, 0.1) is 0 Å². The summed E-state index contributed by atoms with van der Waals surface area (Å²) in [4.78, 5) is 19.2. The number of likely N-dealkylation sites (tertiary alicyclic amines) is 1. The molecule has 164 valence electrons. The van der Waals surface area contributed by atoms with Gasteiger partial charge in [-0.25, -0.2) is 0 Å².